The minimum Gasteiger partial charge on any atom is -0.487 e. The number of ether oxygens (including phenoxy) is 1. The molecule has 2 aliphatic rings. The summed E-state index contributed by atoms with van der Waals surface area (Å²) in [5.41, 5.74) is -0.768. The number of anilines is 1. The minimum absolute atomic E-state index is 0.130. The van der Waals surface area contributed by atoms with Crippen LogP contribution in [0.4, 0.5) is 19.0 Å². The Kier molecular flexibility index (Phi) is 3.69. The van der Waals surface area contributed by atoms with E-state index in [0.717, 1.165) is 25.4 Å². The van der Waals surface area contributed by atoms with Gasteiger partial charge in [0.1, 0.15) is 6.61 Å². The maximum Gasteiger partial charge on any atom is 0.418 e. The van der Waals surface area contributed by atoms with Crippen LogP contribution in [0.3, 0.4) is 0 Å². The highest BCUT2D eigenvalue weighted by Gasteiger charge is 2.39. The van der Waals surface area contributed by atoms with Crippen molar-refractivity contribution >= 4 is 17.8 Å². The fraction of sp³-hybridized carbons (Fsp3) is 0.615. The molecule has 0 saturated carbocycles. The normalized spacial score (nSPS) is 26.0. The molecule has 3 heterocycles. The van der Waals surface area contributed by atoms with Crippen LogP contribution in [0, 0.1) is 0 Å². The number of aromatic nitrogens is 1. The average Bonchev–Trinajstić information content (AvgIpc) is 2.45. The molecule has 0 radical (unpaired) electrons. The van der Waals surface area contributed by atoms with E-state index in [1.54, 1.807) is 11.9 Å². The van der Waals surface area contributed by atoms with Crippen LogP contribution >= 0.6 is 11.9 Å². The first kappa shape index (κ1) is 14.8. The molecule has 21 heavy (non-hydrogen) atoms. The highest BCUT2D eigenvalue weighted by molar-refractivity contribution is 7.96. The van der Waals surface area contributed by atoms with Gasteiger partial charge in [0.15, 0.2) is 11.6 Å². The molecule has 0 bridgehead atoms. The molecule has 1 saturated heterocycles. The molecule has 1 aromatic heterocycles. The van der Waals surface area contributed by atoms with Gasteiger partial charge in [0.25, 0.3) is 0 Å². The number of rotatable bonds is 1. The SMILES string of the molecule is CSN1C[C@@H]2COc3cc(C(F)(F)F)cnc3N2C[C@@H]1C. The van der Waals surface area contributed by atoms with Crippen LogP contribution in [-0.4, -0.2) is 47.3 Å². The topological polar surface area (TPSA) is 28.6 Å². The first-order valence-electron chi connectivity index (χ1n) is 6.67. The van der Waals surface area contributed by atoms with E-state index >= 15 is 0 Å². The van der Waals surface area contributed by atoms with Gasteiger partial charge in [-0.25, -0.2) is 9.29 Å². The van der Waals surface area contributed by atoms with Crippen LogP contribution < -0.4 is 9.64 Å². The highest BCUT2D eigenvalue weighted by Crippen LogP contribution is 2.39. The van der Waals surface area contributed by atoms with Crippen LogP contribution in [-0.2, 0) is 6.18 Å². The van der Waals surface area contributed by atoms with E-state index in [1.165, 1.54) is 0 Å². The van der Waals surface area contributed by atoms with Gasteiger partial charge in [0.05, 0.1) is 11.6 Å². The van der Waals surface area contributed by atoms with Crippen molar-refractivity contribution in [3.63, 3.8) is 0 Å². The van der Waals surface area contributed by atoms with Crippen LogP contribution in [0.1, 0.15) is 12.5 Å². The van der Waals surface area contributed by atoms with E-state index in [-0.39, 0.29) is 11.8 Å². The third kappa shape index (κ3) is 2.66. The standard InChI is InChI=1S/C13H16F3N3OS/c1-8-5-18-10(6-19(8)21-2)7-20-11-3-9(13(14,15)16)4-17-12(11)18/h3-4,8,10H,5-7H2,1-2H3/t8-,10+/m0/s1. The number of halogens is 3. The number of hydrogen-bond donors (Lipinski definition) is 0. The van der Waals surface area contributed by atoms with Crippen molar-refractivity contribution in [1.29, 1.82) is 0 Å². The van der Waals surface area contributed by atoms with Crippen molar-refractivity contribution < 1.29 is 17.9 Å². The van der Waals surface area contributed by atoms with E-state index in [4.69, 9.17) is 4.74 Å². The fourth-order valence-electron chi connectivity index (χ4n) is 2.77. The summed E-state index contributed by atoms with van der Waals surface area (Å²) in [4.78, 5) is 6.08. The molecule has 4 nitrogen and oxygen atoms in total. The second-order valence-corrected chi connectivity index (χ2v) is 6.13. The Morgan fingerprint density at radius 3 is 2.81 bits per heavy atom. The molecule has 0 aromatic carbocycles. The van der Waals surface area contributed by atoms with Crippen molar-refractivity contribution in [3.05, 3.63) is 17.8 Å². The van der Waals surface area contributed by atoms with E-state index < -0.39 is 11.7 Å². The largest absolute Gasteiger partial charge is 0.487 e. The van der Waals surface area contributed by atoms with E-state index in [0.29, 0.717) is 18.5 Å². The van der Waals surface area contributed by atoms with Crippen LogP contribution in [0.5, 0.6) is 5.75 Å². The molecule has 1 aromatic rings. The lowest BCUT2D eigenvalue weighted by atomic mass is 10.1. The summed E-state index contributed by atoms with van der Waals surface area (Å²) >= 11 is 1.68. The summed E-state index contributed by atoms with van der Waals surface area (Å²) in [7, 11) is 0. The Morgan fingerprint density at radius 2 is 2.14 bits per heavy atom. The minimum atomic E-state index is -4.40. The fourth-order valence-corrected chi connectivity index (χ4v) is 3.52. The van der Waals surface area contributed by atoms with Gasteiger partial charge >= 0.3 is 6.18 Å². The Bertz CT molecular complexity index is 540. The predicted molar refractivity (Wildman–Crippen MR) is 75.6 cm³/mol. The molecule has 1 fully saturated rings. The number of nitrogens with zero attached hydrogens (tertiary/aromatic N) is 3. The zero-order chi connectivity index (χ0) is 15.2. The van der Waals surface area contributed by atoms with Gasteiger partial charge in [0.2, 0.25) is 0 Å². The second-order valence-electron chi connectivity index (χ2n) is 5.29. The number of pyridine rings is 1. The zero-order valence-corrected chi connectivity index (χ0v) is 12.5. The summed E-state index contributed by atoms with van der Waals surface area (Å²) in [6.07, 6.45) is -1.49. The molecule has 0 N–H and O–H groups in total. The monoisotopic (exact) mass is 319 g/mol. The molecule has 0 unspecified atom stereocenters. The van der Waals surface area contributed by atoms with Gasteiger partial charge in [0, 0.05) is 25.3 Å². The molecule has 2 atom stereocenters. The van der Waals surface area contributed by atoms with Crippen LogP contribution in [0.25, 0.3) is 0 Å². The first-order valence-corrected chi connectivity index (χ1v) is 7.85. The maximum absolute atomic E-state index is 12.7. The Balaban J connectivity index is 1.90. The van der Waals surface area contributed by atoms with E-state index in [9.17, 15) is 13.2 Å². The van der Waals surface area contributed by atoms with E-state index in [2.05, 4.69) is 21.1 Å². The Hall–Kier alpha value is -1.15. The molecule has 0 aliphatic carbocycles. The van der Waals surface area contributed by atoms with Crippen molar-refractivity contribution in [2.75, 3.05) is 30.9 Å². The quantitative estimate of drug-likeness (QED) is 0.742. The summed E-state index contributed by atoms with van der Waals surface area (Å²) in [6.45, 7) is 4.04. The van der Waals surface area contributed by atoms with Crippen LogP contribution in [0.2, 0.25) is 0 Å². The average molecular weight is 319 g/mol. The van der Waals surface area contributed by atoms with Gasteiger partial charge in [-0.2, -0.15) is 13.2 Å². The molecule has 2 aliphatic heterocycles. The molecule has 116 valence electrons. The van der Waals surface area contributed by atoms with Crippen molar-refractivity contribution in [2.45, 2.75) is 25.2 Å². The van der Waals surface area contributed by atoms with Gasteiger partial charge in [-0.15, -0.1) is 0 Å². The summed E-state index contributed by atoms with van der Waals surface area (Å²) < 4.78 is 46.0. The lowest BCUT2D eigenvalue weighted by molar-refractivity contribution is -0.138. The lowest BCUT2D eigenvalue weighted by Crippen LogP contribution is -2.59. The number of fused-ring (bicyclic) bond motifs is 3. The molecule has 8 heteroatoms. The van der Waals surface area contributed by atoms with Gasteiger partial charge in [-0.05, 0) is 19.2 Å². The summed E-state index contributed by atoms with van der Waals surface area (Å²) in [5.74, 6) is 0.748. The summed E-state index contributed by atoms with van der Waals surface area (Å²) in [5, 5.41) is 0. The predicted octanol–water partition coefficient (Wildman–Crippen LogP) is 2.65. The summed E-state index contributed by atoms with van der Waals surface area (Å²) in [6, 6.07) is 1.49. The number of hydrogen-bond acceptors (Lipinski definition) is 5. The number of alkyl halides is 3. The van der Waals surface area contributed by atoms with Crippen molar-refractivity contribution in [3.8, 4) is 5.75 Å². The third-order valence-electron chi connectivity index (χ3n) is 3.88. The second kappa shape index (κ2) is 5.24. The first-order chi connectivity index (χ1) is 9.90. The highest BCUT2D eigenvalue weighted by atomic mass is 32.2. The Morgan fingerprint density at radius 1 is 1.38 bits per heavy atom. The molecular formula is C13H16F3N3OS. The Labute approximate surface area is 125 Å². The van der Waals surface area contributed by atoms with E-state index in [1.807, 2.05) is 6.26 Å². The van der Waals surface area contributed by atoms with Crippen molar-refractivity contribution in [2.24, 2.45) is 0 Å². The van der Waals surface area contributed by atoms with Gasteiger partial charge in [-0.1, -0.05) is 11.9 Å². The van der Waals surface area contributed by atoms with Crippen LogP contribution in [0.15, 0.2) is 12.3 Å². The number of piperazine rings is 1. The third-order valence-corrected chi connectivity index (χ3v) is 4.86. The molecule has 0 spiro atoms. The smallest absolute Gasteiger partial charge is 0.418 e. The van der Waals surface area contributed by atoms with Gasteiger partial charge < -0.3 is 9.64 Å². The maximum atomic E-state index is 12.7. The van der Waals surface area contributed by atoms with Gasteiger partial charge in [-0.3, -0.25) is 0 Å². The molecular weight excluding hydrogens is 303 g/mol. The zero-order valence-electron chi connectivity index (χ0n) is 11.7. The lowest BCUT2D eigenvalue weighted by Gasteiger charge is -2.47. The molecule has 3 rings (SSSR count). The van der Waals surface area contributed by atoms with Crippen molar-refractivity contribution in [1.82, 2.24) is 9.29 Å². The molecule has 0 amide bonds.